The van der Waals surface area contributed by atoms with Crippen LogP contribution >= 0.6 is 0 Å². The molecule has 4 heteroatoms. The van der Waals surface area contributed by atoms with E-state index in [4.69, 9.17) is 9.84 Å². The van der Waals surface area contributed by atoms with Gasteiger partial charge < -0.3 is 9.84 Å². The van der Waals surface area contributed by atoms with Crippen LogP contribution in [0.25, 0.3) is 0 Å². The van der Waals surface area contributed by atoms with Crippen molar-refractivity contribution < 1.29 is 19.4 Å². The highest BCUT2D eigenvalue weighted by molar-refractivity contribution is 5.78. The lowest BCUT2D eigenvalue weighted by Crippen LogP contribution is -2.32. The van der Waals surface area contributed by atoms with Crippen LogP contribution in [0, 0.1) is 11.8 Å². The van der Waals surface area contributed by atoms with Crippen LogP contribution in [0.1, 0.15) is 34.1 Å². The van der Waals surface area contributed by atoms with Crippen LogP contribution in [0.4, 0.5) is 0 Å². The maximum atomic E-state index is 11.2. The summed E-state index contributed by atoms with van der Waals surface area (Å²) in [6, 6.07) is 0. The van der Waals surface area contributed by atoms with E-state index < -0.39 is 18.0 Å². The maximum Gasteiger partial charge on any atom is 0.345 e. The monoisotopic (exact) mass is 202 g/mol. The van der Waals surface area contributed by atoms with E-state index in [9.17, 15) is 9.59 Å². The second-order valence-corrected chi connectivity index (χ2v) is 4.09. The van der Waals surface area contributed by atoms with Crippen molar-refractivity contribution in [1.82, 2.24) is 0 Å². The molecule has 0 spiro atoms. The number of hydrogen-bond acceptors (Lipinski definition) is 3. The molecule has 4 nitrogen and oxygen atoms in total. The number of carbonyl (C=O) groups is 2. The fraction of sp³-hybridized carbons (Fsp3) is 0.800. The van der Waals surface area contributed by atoms with Crippen LogP contribution in [-0.2, 0) is 14.3 Å². The Balaban J connectivity index is 4.17. The Morgan fingerprint density at radius 1 is 1.21 bits per heavy atom. The lowest BCUT2D eigenvalue weighted by Gasteiger charge is -2.17. The van der Waals surface area contributed by atoms with Gasteiger partial charge in [-0.1, -0.05) is 27.7 Å². The second-order valence-electron chi connectivity index (χ2n) is 4.09. The number of aliphatic carboxylic acids is 1. The van der Waals surface area contributed by atoms with Crippen LogP contribution in [0.3, 0.4) is 0 Å². The number of esters is 1. The van der Waals surface area contributed by atoms with Gasteiger partial charge >= 0.3 is 11.9 Å². The highest BCUT2D eigenvalue weighted by Crippen LogP contribution is 2.10. The summed E-state index contributed by atoms with van der Waals surface area (Å²) in [5.41, 5.74) is 0. The smallest absolute Gasteiger partial charge is 0.345 e. The maximum absolute atomic E-state index is 11.2. The van der Waals surface area contributed by atoms with Gasteiger partial charge in [-0.2, -0.15) is 0 Å². The van der Waals surface area contributed by atoms with Gasteiger partial charge in [0.05, 0.1) is 0 Å². The first-order valence-corrected chi connectivity index (χ1v) is 4.76. The van der Waals surface area contributed by atoms with Crippen molar-refractivity contribution in [3.05, 3.63) is 0 Å². The number of hydrogen-bond donors (Lipinski definition) is 1. The fourth-order valence-electron chi connectivity index (χ4n) is 0.995. The van der Waals surface area contributed by atoms with Crippen molar-refractivity contribution in [2.24, 2.45) is 11.8 Å². The van der Waals surface area contributed by atoms with Gasteiger partial charge in [0, 0.05) is 12.3 Å². The molecule has 82 valence electrons. The summed E-state index contributed by atoms with van der Waals surface area (Å²) in [4.78, 5) is 21.9. The van der Waals surface area contributed by atoms with E-state index in [1.54, 1.807) is 13.8 Å². The molecular formula is C10H18O4. The SMILES string of the molecule is CC(C)CC(=O)O[C@H](C(=O)O)C(C)C. The summed E-state index contributed by atoms with van der Waals surface area (Å²) in [7, 11) is 0. The summed E-state index contributed by atoms with van der Waals surface area (Å²) >= 11 is 0. The van der Waals surface area contributed by atoms with E-state index >= 15 is 0 Å². The Morgan fingerprint density at radius 2 is 1.71 bits per heavy atom. The molecule has 0 fully saturated rings. The van der Waals surface area contributed by atoms with Crippen molar-refractivity contribution in [2.45, 2.75) is 40.2 Å². The third-order valence-corrected chi connectivity index (χ3v) is 1.68. The molecule has 0 aromatic rings. The van der Waals surface area contributed by atoms with Gasteiger partial charge in [-0.15, -0.1) is 0 Å². The first-order chi connectivity index (χ1) is 6.34. The van der Waals surface area contributed by atoms with Gasteiger partial charge in [-0.05, 0) is 5.92 Å². The molecule has 1 N–H and O–H groups in total. The summed E-state index contributed by atoms with van der Waals surface area (Å²) < 4.78 is 4.85. The van der Waals surface area contributed by atoms with Gasteiger partial charge in [-0.3, -0.25) is 4.79 Å². The van der Waals surface area contributed by atoms with E-state index in [-0.39, 0.29) is 18.3 Å². The molecule has 1 atom stereocenters. The normalized spacial score (nSPS) is 13.0. The third kappa shape index (κ3) is 4.84. The van der Waals surface area contributed by atoms with Crippen LogP contribution in [0.2, 0.25) is 0 Å². The highest BCUT2D eigenvalue weighted by Gasteiger charge is 2.25. The van der Waals surface area contributed by atoms with Crippen molar-refractivity contribution in [1.29, 1.82) is 0 Å². The highest BCUT2D eigenvalue weighted by atomic mass is 16.6. The molecule has 0 saturated carbocycles. The minimum atomic E-state index is -1.09. The van der Waals surface area contributed by atoms with Crippen LogP contribution in [0.5, 0.6) is 0 Å². The van der Waals surface area contributed by atoms with Gasteiger partial charge in [0.25, 0.3) is 0 Å². The van der Waals surface area contributed by atoms with Gasteiger partial charge in [-0.25, -0.2) is 4.79 Å². The van der Waals surface area contributed by atoms with Gasteiger partial charge in [0.1, 0.15) is 0 Å². The van der Waals surface area contributed by atoms with E-state index in [2.05, 4.69) is 0 Å². The Labute approximate surface area is 84.3 Å². The molecule has 0 aliphatic carbocycles. The van der Waals surface area contributed by atoms with Gasteiger partial charge in [0.2, 0.25) is 6.10 Å². The molecule has 0 rings (SSSR count). The van der Waals surface area contributed by atoms with E-state index in [0.29, 0.717) is 0 Å². The Kier molecular flexibility index (Phi) is 5.20. The Morgan fingerprint density at radius 3 is 2.00 bits per heavy atom. The van der Waals surface area contributed by atoms with Crippen molar-refractivity contribution in [3.63, 3.8) is 0 Å². The predicted octanol–water partition coefficient (Wildman–Crippen LogP) is 1.68. The molecule has 0 bridgehead atoms. The first kappa shape index (κ1) is 12.9. The molecule has 0 aliphatic rings. The third-order valence-electron chi connectivity index (χ3n) is 1.68. The minimum absolute atomic E-state index is 0.184. The van der Waals surface area contributed by atoms with Crippen molar-refractivity contribution in [2.75, 3.05) is 0 Å². The molecule has 0 aromatic heterocycles. The lowest BCUT2D eigenvalue weighted by atomic mass is 10.1. The summed E-state index contributed by atoms with van der Waals surface area (Å²) in [5, 5.41) is 8.75. The van der Waals surface area contributed by atoms with E-state index in [1.807, 2.05) is 13.8 Å². The number of carboxylic acid groups (broad SMARTS) is 1. The summed E-state index contributed by atoms with van der Waals surface area (Å²) in [5.74, 6) is -1.55. The average molecular weight is 202 g/mol. The van der Waals surface area contributed by atoms with Gasteiger partial charge in [0.15, 0.2) is 0 Å². The lowest BCUT2D eigenvalue weighted by molar-refractivity contribution is -0.167. The zero-order valence-corrected chi connectivity index (χ0v) is 9.11. The predicted molar refractivity (Wildman–Crippen MR) is 51.8 cm³/mol. The number of ether oxygens (including phenoxy) is 1. The largest absolute Gasteiger partial charge is 0.478 e. The average Bonchev–Trinajstić information content (AvgIpc) is 1.97. The molecule has 0 saturated heterocycles. The summed E-state index contributed by atoms with van der Waals surface area (Å²) in [6.07, 6.45) is -0.766. The molecule has 0 aliphatic heterocycles. The van der Waals surface area contributed by atoms with Crippen LogP contribution in [0.15, 0.2) is 0 Å². The number of carbonyl (C=O) groups excluding carboxylic acids is 1. The fourth-order valence-corrected chi connectivity index (χ4v) is 0.995. The van der Waals surface area contributed by atoms with E-state index in [1.165, 1.54) is 0 Å². The zero-order chi connectivity index (χ0) is 11.3. The first-order valence-electron chi connectivity index (χ1n) is 4.76. The molecule has 0 aromatic carbocycles. The van der Waals surface area contributed by atoms with E-state index in [0.717, 1.165) is 0 Å². The standard InChI is InChI=1S/C10H18O4/c1-6(2)5-8(11)14-9(7(3)4)10(12)13/h6-7,9H,5H2,1-4H3,(H,12,13)/t9-/m0/s1. The quantitative estimate of drug-likeness (QED) is 0.689. The zero-order valence-electron chi connectivity index (χ0n) is 9.11. The van der Waals surface area contributed by atoms with Crippen molar-refractivity contribution >= 4 is 11.9 Å². The topological polar surface area (TPSA) is 63.6 Å². The summed E-state index contributed by atoms with van der Waals surface area (Å²) in [6.45, 7) is 7.18. The second kappa shape index (κ2) is 5.62. The van der Waals surface area contributed by atoms with Crippen LogP contribution in [-0.4, -0.2) is 23.1 Å². The van der Waals surface area contributed by atoms with Crippen molar-refractivity contribution in [3.8, 4) is 0 Å². The molecule has 0 unspecified atom stereocenters. The Hall–Kier alpha value is -1.06. The molecule has 14 heavy (non-hydrogen) atoms. The molecule has 0 amide bonds. The molecular weight excluding hydrogens is 184 g/mol. The molecule has 0 heterocycles. The molecule has 0 radical (unpaired) electrons. The minimum Gasteiger partial charge on any atom is -0.478 e. The Bertz CT molecular complexity index is 208. The number of rotatable bonds is 5. The van der Waals surface area contributed by atoms with Crippen LogP contribution < -0.4 is 0 Å². The number of carboxylic acids is 1.